The van der Waals surface area contributed by atoms with E-state index in [0.717, 1.165) is 65.4 Å². The summed E-state index contributed by atoms with van der Waals surface area (Å²) in [6.07, 6.45) is 0. The van der Waals surface area contributed by atoms with E-state index in [1.54, 1.807) is 11.3 Å². The van der Waals surface area contributed by atoms with E-state index < -0.39 is 0 Å². The summed E-state index contributed by atoms with van der Waals surface area (Å²) in [5, 5.41) is 5.34. The van der Waals surface area contributed by atoms with Gasteiger partial charge in [0.25, 0.3) is 0 Å². The molecule has 5 heteroatoms. The van der Waals surface area contributed by atoms with Crippen molar-refractivity contribution in [2.45, 2.75) is 0 Å². The zero-order chi connectivity index (χ0) is 23.9. The fourth-order valence-corrected chi connectivity index (χ4v) is 5.29. The van der Waals surface area contributed by atoms with Gasteiger partial charge in [0.15, 0.2) is 0 Å². The minimum Gasteiger partial charge on any atom is -0.399 e. The Balaban J connectivity index is 1.49. The van der Waals surface area contributed by atoms with Gasteiger partial charge in [-0.3, -0.25) is 0 Å². The molecule has 0 aliphatic carbocycles. The third kappa shape index (κ3) is 4.03. The van der Waals surface area contributed by atoms with E-state index in [9.17, 15) is 0 Å². The molecule has 0 fully saturated rings. The average Bonchev–Trinajstić information content (AvgIpc) is 3.31. The lowest BCUT2D eigenvalue weighted by Gasteiger charge is -2.26. The lowest BCUT2D eigenvalue weighted by atomic mass is 10.1. The molecule has 0 aliphatic rings. The number of nitrogen functional groups attached to an aromatic ring is 3. The standard InChI is InChI=1S/C30H24N4S/c31-24-7-1-22-17-27(11-5-20(22)15-24)34(28-12-6-21-16-25(32)8-2-23(21)18-28)26-9-3-19(4-10-26)29-13-14-30(33)35-29/h1-18H,31-33H2. The summed E-state index contributed by atoms with van der Waals surface area (Å²) in [6, 6.07) is 37.6. The van der Waals surface area contributed by atoms with Crippen molar-refractivity contribution in [1.82, 2.24) is 0 Å². The molecule has 4 nitrogen and oxygen atoms in total. The van der Waals surface area contributed by atoms with Gasteiger partial charge in [-0.15, -0.1) is 11.3 Å². The van der Waals surface area contributed by atoms with Crippen molar-refractivity contribution in [2.75, 3.05) is 22.1 Å². The number of thiophene rings is 1. The number of fused-ring (bicyclic) bond motifs is 2. The summed E-state index contributed by atoms with van der Waals surface area (Å²) in [7, 11) is 0. The molecular formula is C30H24N4S. The number of hydrogen-bond acceptors (Lipinski definition) is 5. The van der Waals surface area contributed by atoms with Crippen molar-refractivity contribution in [3.8, 4) is 10.4 Å². The second-order valence-electron chi connectivity index (χ2n) is 8.67. The fraction of sp³-hybridized carbons (Fsp3) is 0. The Morgan fingerprint density at radius 1 is 0.457 bits per heavy atom. The first-order valence-electron chi connectivity index (χ1n) is 11.4. The Hall–Kier alpha value is -4.48. The van der Waals surface area contributed by atoms with Gasteiger partial charge in [-0.1, -0.05) is 36.4 Å². The van der Waals surface area contributed by atoms with Crippen molar-refractivity contribution >= 4 is 66.3 Å². The molecule has 0 unspecified atom stereocenters. The summed E-state index contributed by atoms with van der Waals surface area (Å²) >= 11 is 1.60. The van der Waals surface area contributed by atoms with Gasteiger partial charge >= 0.3 is 0 Å². The van der Waals surface area contributed by atoms with Crippen molar-refractivity contribution < 1.29 is 0 Å². The third-order valence-corrected chi connectivity index (χ3v) is 7.21. The molecular weight excluding hydrogens is 448 g/mol. The van der Waals surface area contributed by atoms with Crippen molar-refractivity contribution in [2.24, 2.45) is 0 Å². The van der Waals surface area contributed by atoms with Crippen molar-refractivity contribution in [3.05, 3.63) is 109 Å². The molecule has 1 aromatic heterocycles. The Morgan fingerprint density at radius 2 is 0.943 bits per heavy atom. The molecule has 0 atom stereocenters. The molecule has 0 bridgehead atoms. The molecule has 0 aliphatic heterocycles. The van der Waals surface area contributed by atoms with Crippen LogP contribution in [0.1, 0.15) is 0 Å². The van der Waals surface area contributed by atoms with Crippen LogP contribution in [-0.4, -0.2) is 0 Å². The molecule has 6 aromatic rings. The molecule has 0 radical (unpaired) electrons. The molecule has 35 heavy (non-hydrogen) atoms. The first kappa shape index (κ1) is 21.1. The monoisotopic (exact) mass is 472 g/mol. The number of rotatable bonds is 4. The highest BCUT2D eigenvalue weighted by Gasteiger charge is 2.14. The number of nitrogens with two attached hydrogens (primary N) is 3. The second-order valence-corrected chi connectivity index (χ2v) is 9.78. The topological polar surface area (TPSA) is 81.3 Å². The van der Waals surface area contributed by atoms with Crippen LogP contribution in [0.15, 0.2) is 109 Å². The van der Waals surface area contributed by atoms with Gasteiger partial charge in [-0.05, 0) is 99.9 Å². The largest absolute Gasteiger partial charge is 0.399 e. The van der Waals surface area contributed by atoms with Crippen molar-refractivity contribution in [1.29, 1.82) is 0 Å². The predicted octanol–water partition coefficient (Wildman–Crippen LogP) is 7.94. The predicted molar refractivity (Wildman–Crippen MR) is 153 cm³/mol. The van der Waals surface area contributed by atoms with Crippen LogP contribution in [-0.2, 0) is 0 Å². The Labute approximate surface area is 207 Å². The van der Waals surface area contributed by atoms with Gasteiger partial charge in [0.1, 0.15) is 0 Å². The molecule has 0 saturated carbocycles. The lowest BCUT2D eigenvalue weighted by Crippen LogP contribution is -2.10. The van der Waals surface area contributed by atoms with Crippen LogP contribution in [0.25, 0.3) is 32.0 Å². The minimum absolute atomic E-state index is 0.765. The summed E-state index contributed by atoms with van der Waals surface area (Å²) in [5.41, 5.74) is 23.9. The van der Waals surface area contributed by atoms with E-state index in [2.05, 4.69) is 83.8 Å². The zero-order valence-electron chi connectivity index (χ0n) is 19.0. The van der Waals surface area contributed by atoms with E-state index in [0.29, 0.717) is 0 Å². The molecule has 0 saturated heterocycles. The number of benzene rings is 5. The SMILES string of the molecule is Nc1ccc2cc(N(c3ccc(-c4ccc(N)s4)cc3)c3ccc4cc(N)ccc4c3)ccc2c1. The van der Waals surface area contributed by atoms with Gasteiger partial charge < -0.3 is 22.1 Å². The van der Waals surface area contributed by atoms with Crippen LogP contribution in [0.4, 0.5) is 33.4 Å². The van der Waals surface area contributed by atoms with Gasteiger partial charge in [0.2, 0.25) is 0 Å². The third-order valence-electron chi connectivity index (χ3n) is 6.25. The maximum absolute atomic E-state index is 6.00. The van der Waals surface area contributed by atoms with Crippen LogP contribution in [0, 0.1) is 0 Å². The van der Waals surface area contributed by atoms with E-state index in [-0.39, 0.29) is 0 Å². The molecule has 6 rings (SSSR count). The van der Waals surface area contributed by atoms with E-state index in [1.807, 2.05) is 30.3 Å². The molecule has 6 N–H and O–H groups in total. The van der Waals surface area contributed by atoms with Crippen LogP contribution < -0.4 is 22.1 Å². The summed E-state index contributed by atoms with van der Waals surface area (Å²) in [4.78, 5) is 3.44. The maximum Gasteiger partial charge on any atom is 0.0862 e. The smallest absolute Gasteiger partial charge is 0.0862 e. The molecule has 1 heterocycles. The van der Waals surface area contributed by atoms with Gasteiger partial charge in [0.05, 0.1) is 5.00 Å². The number of anilines is 6. The highest BCUT2D eigenvalue weighted by Crippen LogP contribution is 2.39. The summed E-state index contributed by atoms with van der Waals surface area (Å²) in [6.45, 7) is 0. The van der Waals surface area contributed by atoms with Crippen LogP contribution in [0.3, 0.4) is 0 Å². The molecule has 0 amide bonds. The highest BCUT2D eigenvalue weighted by molar-refractivity contribution is 7.19. The van der Waals surface area contributed by atoms with Crippen molar-refractivity contribution in [3.63, 3.8) is 0 Å². The van der Waals surface area contributed by atoms with E-state index in [1.165, 1.54) is 0 Å². The van der Waals surface area contributed by atoms with Crippen LogP contribution in [0.2, 0.25) is 0 Å². The first-order valence-corrected chi connectivity index (χ1v) is 12.2. The van der Waals surface area contributed by atoms with Gasteiger partial charge in [-0.25, -0.2) is 0 Å². The lowest BCUT2D eigenvalue weighted by molar-refractivity contribution is 1.29. The average molecular weight is 473 g/mol. The second kappa shape index (κ2) is 8.38. The van der Waals surface area contributed by atoms with E-state index >= 15 is 0 Å². The Morgan fingerprint density at radius 3 is 1.46 bits per heavy atom. The Bertz CT molecular complexity index is 1600. The molecule has 170 valence electrons. The highest BCUT2D eigenvalue weighted by atomic mass is 32.1. The quantitative estimate of drug-likeness (QED) is 0.227. The summed E-state index contributed by atoms with van der Waals surface area (Å²) in [5.74, 6) is 0. The fourth-order valence-electron chi connectivity index (χ4n) is 4.51. The van der Waals surface area contributed by atoms with Crippen LogP contribution in [0.5, 0.6) is 0 Å². The number of hydrogen-bond donors (Lipinski definition) is 3. The van der Waals surface area contributed by atoms with Gasteiger partial charge in [-0.2, -0.15) is 0 Å². The first-order chi connectivity index (χ1) is 17.0. The molecule has 0 spiro atoms. The summed E-state index contributed by atoms with van der Waals surface area (Å²) < 4.78 is 0. The zero-order valence-corrected chi connectivity index (χ0v) is 19.8. The minimum atomic E-state index is 0.765. The normalized spacial score (nSPS) is 11.2. The van der Waals surface area contributed by atoms with Crippen LogP contribution >= 0.6 is 11.3 Å². The van der Waals surface area contributed by atoms with E-state index in [4.69, 9.17) is 17.2 Å². The number of nitrogens with zero attached hydrogens (tertiary/aromatic N) is 1. The molecule has 5 aromatic carbocycles. The Kier molecular flexibility index (Phi) is 5.05. The van der Waals surface area contributed by atoms with Gasteiger partial charge in [0, 0.05) is 33.3 Å². The maximum atomic E-state index is 6.00.